The third kappa shape index (κ3) is 3.16. The van der Waals surface area contributed by atoms with E-state index in [2.05, 4.69) is 15.7 Å². The zero-order valence-electron chi connectivity index (χ0n) is 10.2. The van der Waals surface area contributed by atoms with Crippen molar-refractivity contribution in [1.82, 2.24) is 15.6 Å². The van der Waals surface area contributed by atoms with E-state index in [0.29, 0.717) is 18.9 Å². The quantitative estimate of drug-likeness (QED) is 0.192. The molecule has 0 saturated carbocycles. The van der Waals surface area contributed by atoms with Crippen LogP contribution in [0.15, 0.2) is 4.99 Å². The van der Waals surface area contributed by atoms with Crippen molar-refractivity contribution < 1.29 is 9.59 Å². The van der Waals surface area contributed by atoms with Crippen LogP contribution in [0.3, 0.4) is 0 Å². The van der Waals surface area contributed by atoms with Gasteiger partial charge < -0.3 is 4.90 Å². The number of amides is 2. The average Bonchev–Trinajstić information content (AvgIpc) is 2.29. The molecular formula is C10H19N5O2. The van der Waals surface area contributed by atoms with Crippen molar-refractivity contribution in [1.29, 1.82) is 0 Å². The molecule has 7 heteroatoms. The molecule has 96 valence electrons. The number of imide groups is 1. The van der Waals surface area contributed by atoms with Crippen molar-refractivity contribution in [2.45, 2.75) is 32.7 Å². The van der Waals surface area contributed by atoms with Crippen LogP contribution in [0.1, 0.15) is 26.7 Å². The van der Waals surface area contributed by atoms with Gasteiger partial charge in [0.15, 0.2) is 0 Å². The largest absolute Gasteiger partial charge is 0.321 e. The van der Waals surface area contributed by atoms with Gasteiger partial charge >= 0.3 is 0 Å². The lowest BCUT2D eigenvalue weighted by atomic mass is 10.1. The van der Waals surface area contributed by atoms with Crippen LogP contribution < -0.4 is 16.6 Å². The van der Waals surface area contributed by atoms with Gasteiger partial charge in [0.1, 0.15) is 12.6 Å². The van der Waals surface area contributed by atoms with Crippen molar-refractivity contribution in [3.05, 3.63) is 0 Å². The second-order valence-corrected chi connectivity index (χ2v) is 3.81. The third-order valence-electron chi connectivity index (χ3n) is 2.53. The number of carbonyl (C=O) groups excluding carboxylic acids is 2. The van der Waals surface area contributed by atoms with Gasteiger partial charge in [-0.2, -0.15) is 0 Å². The molecule has 0 aromatic carbocycles. The lowest BCUT2D eigenvalue weighted by Crippen LogP contribution is -2.62. The number of rotatable bonds is 3. The molecule has 1 heterocycles. The Hall–Kier alpha value is -1.63. The highest BCUT2D eigenvalue weighted by Crippen LogP contribution is 2.09. The second kappa shape index (κ2) is 6.19. The highest BCUT2D eigenvalue weighted by molar-refractivity contribution is 6.04. The number of carbonyl (C=O) groups is 2. The van der Waals surface area contributed by atoms with Gasteiger partial charge in [0.25, 0.3) is 0 Å². The highest BCUT2D eigenvalue weighted by atomic mass is 16.2. The Morgan fingerprint density at radius 2 is 2.29 bits per heavy atom. The van der Waals surface area contributed by atoms with E-state index >= 15 is 0 Å². The first-order valence-electron chi connectivity index (χ1n) is 5.75. The van der Waals surface area contributed by atoms with Crippen LogP contribution in [0.25, 0.3) is 0 Å². The van der Waals surface area contributed by atoms with Crippen LogP contribution >= 0.6 is 0 Å². The Morgan fingerprint density at radius 1 is 1.59 bits per heavy atom. The molecular weight excluding hydrogens is 222 g/mol. The first-order valence-corrected chi connectivity index (χ1v) is 5.75. The minimum Gasteiger partial charge on any atom is -0.321 e. The minimum atomic E-state index is -0.403. The number of piperazine rings is 1. The van der Waals surface area contributed by atoms with Crippen LogP contribution in [0.2, 0.25) is 0 Å². The molecule has 4 N–H and O–H groups in total. The summed E-state index contributed by atoms with van der Waals surface area (Å²) in [6, 6.07) is -0.403. The normalized spacial score (nSPS) is 21.5. The first-order chi connectivity index (χ1) is 8.13. The van der Waals surface area contributed by atoms with Crippen molar-refractivity contribution in [3.63, 3.8) is 0 Å². The fraction of sp³-hybridized carbons (Fsp3) is 0.700. The summed E-state index contributed by atoms with van der Waals surface area (Å²) >= 11 is 0. The van der Waals surface area contributed by atoms with E-state index in [1.807, 2.05) is 13.8 Å². The van der Waals surface area contributed by atoms with E-state index < -0.39 is 6.04 Å². The average molecular weight is 241 g/mol. The highest BCUT2D eigenvalue weighted by Gasteiger charge is 2.34. The molecule has 1 atom stereocenters. The molecule has 1 aliphatic heterocycles. The van der Waals surface area contributed by atoms with E-state index in [0.717, 1.165) is 6.42 Å². The number of hydrogen-bond donors (Lipinski definition) is 3. The number of nitrogens with two attached hydrogens (primary N) is 1. The molecule has 7 nitrogen and oxygen atoms in total. The van der Waals surface area contributed by atoms with Gasteiger partial charge in [0.05, 0.1) is 0 Å². The molecule has 0 aromatic rings. The predicted molar refractivity (Wildman–Crippen MR) is 63.9 cm³/mol. The van der Waals surface area contributed by atoms with Gasteiger partial charge in [0, 0.05) is 6.54 Å². The third-order valence-corrected chi connectivity index (χ3v) is 2.53. The number of nitrogens with one attached hydrogen (secondary N) is 2. The molecule has 0 aliphatic carbocycles. The van der Waals surface area contributed by atoms with Crippen molar-refractivity contribution >= 4 is 17.8 Å². The summed E-state index contributed by atoms with van der Waals surface area (Å²) in [5.74, 6) is 5.14. The minimum absolute atomic E-state index is 0.0942. The molecule has 0 aromatic heterocycles. The molecule has 1 aliphatic rings. The number of nitrogens with zero attached hydrogens (tertiary/aromatic N) is 2. The Morgan fingerprint density at radius 3 is 2.82 bits per heavy atom. The monoisotopic (exact) mass is 241 g/mol. The van der Waals surface area contributed by atoms with Gasteiger partial charge in [0.2, 0.25) is 17.8 Å². The molecule has 1 fully saturated rings. The van der Waals surface area contributed by atoms with Crippen molar-refractivity contribution in [2.75, 3.05) is 13.1 Å². The maximum Gasteiger partial charge on any atom is 0.249 e. The van der Waals surface area contributed by atoms with Crippen LogP contribution in [0.4, 0.5) is 0 Å². The Balaban J connectivity index is 2.89. The summed E-state index contributed by atoms with van der Waals surface area (Å²) in [4.78, 5) is 28.8. The Labute approximate surface area is 100 Å². The van der Waals surface area contributed by atoms with E-state index in [1.165, 1.54) is 0 Å². The SMILES string of the molecule is CCCN=C(NN)N1CC(=O)NC(=O)C1CC. The molecule has 1 unspecified atom stereocenters. The van der Waals surface area contributed by atoms with Crippen LogP contribution in [-0.4, -0.2) is 41.8 Å². The molecule has 1 saturated heterocycles. The van der Waals surface area contributed by atoms with E-state index in [9.17, 15) is 9.59 Å². The Kier molecular flexibility index (Phi) is 4.89. The topological polar surface area (TPSA) is 99.8 Å². The van der Waals surface area contributed by atoms with Crippen LogP contribution in [0.5, 0.6) is 0 Å². The summed E-state index contributed by atoms with van der Waals surface area (Å²) in [5.41, 5.74) is 2.46. The van der Waals surface area contributed by atoms with Gasteiger partial charge in [-0.25, -0.2) is 5.84 Å². The zero-order valence-corrected chi connectivity index (χ0v) is 10.2. The molecule has 1 rings (SSSR count). The number of aliphatic imine (C=N–C) groups is 1. The van der Waals surface area contributed by atoms with Crippen molar-refractivity contribution in [3.8, 4) is 0 Å². The molecule has 0 spiro atoms. The van der Waals surface area contributed by atoms with E-state index in [-0.39, 0.29) is 18.4 Å². The molecule has 0 radical (unpaired) electrons. The van der Waals surface area contributed by atoms with Crippen LogP contribution in [0, 0.1) is 0 Å². The number of hydrazine groups is 1. The second-order valence-electron chi connectivity index (χ2n) is 3.81. The smallest absolute Gasteiger partial charge is 0.249 e. The van der Waals surface area contributed by atoms with Gasteiger partial charge in [-0.05, 0) is 12.8 Å². The fourth-order valence-electron chi connectivity index (χ4n) is 1.73. The van der Waals surface area contributed by atoms with Crippen molar-refractivity contribution in [2.24, 2.45) is 10.8 Å². The lowest BCUT2D eigenvalue weighted by Gasteiger charge is -2.35. The van der Waals surface area contributed by atoms with E-state index in [1.54, 1.807) is 4.90 Å². The number of hydrogen-bond acceptors (Lipinski definition) is 4. The predicted octanol–water partition coefficient (Wildman–Crippen LogP) is -1.05. The van der Waals surface area contributed by atoms with Gasteiger partial charge in [-0.3, -0.25) is 25.3 Å². The summed E-state index contributed by atoms with van der Waals surface area (Å²) < 4.78 is 0. The van der Waals surface area contributed by atoms with Gasteiger partial charge in [-0.1, -0.05) is 13.8 Å². The standard InChI is InChI=1S/C10H19N5O2/c1-3-5-12-10(14-11)15-6-8(16)13-9(17)7(15)4-2/h7H,3-6,11H2,1-2H3,(H,12,14)(H,13,16,17). The molecule has 0 bridgehead atoms. The first kappa shape index (κ1) is 13.4. The molecule has 2 amide bonds. The zero-order chi connectivity index (χ0) is 12.8. The summed E-state index contributed by atoms with van der Waals surface area (Å²) in [6.07, 6.45) is 1.46. The fourth-order valence-corrected chi connectivity index (χ4v) is 1.73. The molecule has 17 heavy (non-hydrogen) atoms. The summed E-state index contributed by atoms with van der Waals surface area (Å²) in [5, 5.41) is 2.30. The number of guanidine groups is 1. The maximum absolute atomic E-state index is 11.6. The maximum atomic E-state index is 11.6. The lowest BCUT2D eigenvalue weighted by molar-refractivity contribution is -0.137. The summed E-state index contributed by atoms with van der Waals surface area (Å²) in [7, 11) is 0. The Bertz CT molecular complexity index is 329. The summed E-state index contributed by atoms with van der Waals surface area (Å²) in [6.45, 7) is 4.56. The van der Waals surface area contributed by atoms with Crippen LogP contribution in [-0.2, 0) is 9.59 Å². The van der Waals surface area contributed by atoms with Gasteiger partial charge in [-0.15, -0.1) is 0 Å². The van der Waals surface area contributed by atoms with E-state index in [4.69, 9.17) is 5.84 Å².